The Morgan fingerprint density at radius 3 is 2.42 bits per heavy atom. The Bertz CT molecular complexity index is 714. The summed E-state index contributed by atoms with van der Waals surface area (Å²) >= 11 is 0. The Labute approximate surface area is 141 Å². The minimum atomic E-state index is -0.761. The normalized spacial score (nSPS) is 11.6. The fraction of sp³-hybridized carbons (Fsp3) is 0.263. The van der Waals surface area contributed by atoms with E-state index in [4.69, 9.17) is 0 Å². The third kappa shape index (κ3) is 4.93. The molecule has 0 radical (unpaired) electrons. The van der Waals surface area contributed by atoms with Gasteiger partial charge in [0.2, 0.25) is 0 Å². The fourth-order valence-corrected chi connectivity index (χ4v) is 2.31. The first-order chi connectivity index (χ1) is 11.5. The lowest BCUT2D eigenvalue weighted by Gasteiger charge is -2.13. The summed E-state index contributed by atoms with van der Waals surface area (Å²) in [5, 5.41) is 15.0. The molecule has 0 bridgehead atoms. The van der Waals surface area contributed by atoms with Crippen molar-refractivity contribution < 1.29 is 14.7 Å². The van der Waals surface area contributed by atoms with Crippen LogP contribution in [0, 0.1) is 13.8 Å². The van der Waals surface area contributed by atoms with Crippen molar-refractivity contribution in [3.05, 3.63) is 65.2 Å². The zero-order valence-corrected chi connectivity index (χ0v) is 13.9. The van der Waals surface area contributed by atoms with E-state index < -0.39 is 17.9 Å². The van der Waals surface area contributed by atoms with E-state index in [0.717, 1.165) is 16.7 Å². The van der Waals surface area contributed by atoms with Crippen molar-refractivity contribution in [2.24, 2.45) is 0 Å². The zero-order valence-electron chi connectivity index (χ0n) is 13.9. The van der Waals surface area contributed by atoms with Crippen molar-refractivity contribution in [1.29, 1.82) is 0 Å². The van der Waals surface area contributed by atoms with Crippen LogP contribution in [0.3, 0.4) is 0 Å². The predicted octanol–water partition coefficient (Wildman–Crippen LogP) is 1.96. The number of anilines is 1. The van der Waals surface area contributed by atoms with E-state index in [1.807, 2.05) is 56.3 Å². The van der Waals surface area contributed by atoms with Gasteiger partial charge in [0, 0.05) is 18.7 Å². The molecule has 0 saturated heterocycles. The molecule has 24 heavy (non-hydrogen) atoms. The number of carbonyl (C=O) groups is 2. The monoisotopic (exact) mass is 326 g/mol. The van der Waals surface area contributed by atoms with Crippen molar-refractivity contribution in [3.8, 4) is 0 Å². The van der Waals surface area contributed by atoms with Crippen LogP contribution in [0.5, 0.6) is 0 Å². The van der Waals surface area contributed by atoms with Crippen LogP contribution in [-0.4, -0.2) is 29.6 Å². The van der Waals surface area contributed by atoms with Crippen LogP contribution in [0.2, 0.25) is 0 Å². The molecule has 0 fully saturated rings. The van der Waals surface area contributed by atoms with Gasteiger partial charge in [0.1, 0.15) is 0 Å². The van der Waals surface area contributed by atoms with Crippen molar-refractivity contribution in [1.82, 2.24) is 5.32 Å². The van der Waals surface area contributed by atoms with Crippen LogP contribution >= 0.6 is 0 Å². The highest BCUT2D eigenvalue weighted by molar-refractivity contribution is 6.39. The van der Waals surface area contributed by atoms with Gasteiger partial charge >= 0.3 is 11.8 Å². The molecule has 0 aliphatic heterocycles. The van der Waals surface area contributed by atoms with Crippen LogP contribution < -0.4 is 10.6 Å². The van der Waals surface area contributed by atoms with E-state index in [2.05, 4.69) is 10.6 Å². The van der Waals surface area contributed by atoms with Gasteiger partial charge in [0.15, 0.2) is 0 Å². The number of aliphatic hydroxyl groups is 1. The maximum atomic E-state index is 11.9. The Kier molecular flexibility index (Phi) is 6.09. The smallest absolute Gasteiger partial charge is 0.313 e. The highest BCUT2D eigenvalue weighted by atomic mass is 16.3. The van der Waals surface area contributed by atoms with Gasteiger partial charge in [-0.3, -0.25) is 9.59 Å². The second-order valence-corrected chi connectivity index (χ2v) is 5.76. The summed E-state index contributed by atoms with van der Waals surface area (Å²) in [4.78, 5) is 23.8. The van der Waals surface area contributed by atoms with E-state index in [1.165, 1.54) is 0 Å². The summed E-state index contributed by atoms with van der Waals surface area (Å²) in [5.74, 6) is -1.50. The topological polar surface area (TPSA) is 78.4 Å². The SMILES string of the molecule is Cc1cccc(NC(=O)C(=O)NCC(O)Cc2ccccc2)c1C. The number of hydrogen-bond donors (Lipinski definition) is 3. The predicted molar refractivity (Wildman–Crippen MR) is 93.7 cm³/mol. The van der Waals surface area contributed by atoms with Crippen molar-refractivity contribution in [3.63, 3.8) is 0 Å². The van der Waals surface area contributed by atoms with E-state index in [1.54, 1.807) is 6.07 Å². The molecular weight excluding hydrogens is 304 g/mol. The van der Waals surface area contributed by atoms with Gasteiger partial charge < -0.3 is 15.7 Å². The molecule has 0 spiro atoms. The van der Waals surface area contributed by atoms with Gasteiger partial charge in [0.05, 0.1) is 6.10 Å². The van der Waals surface area contributed by atoms with E-state index in [9.17, 15) is 14.7 Å². The highest BCUT2D eigenvalue weighted by Gasteiger charge is 2.16. The van der Waals surface area contributed by atoms with Crippen LogP contribution in [-0.2, 0) is 16.0 Å². The standard InChI is InChI=1S/C19H22N2O3/c1-13-7-6-10-17(14(13)2)21-19(24)18(23)20-12-16(22)11-15-8-4-3-5-9-15/h3-10,16,22H,11-12H2,1-2H3,(H,20,23)(H,21,24). The number of aliphatic hydroxyl groups excluding tert-OH is 1. The highest BCUT2D eigenvalue weighted by Crippen LogP contribution is 2.17. The molecule has 0 aliphatic rings. The van der Waals surface area contributed by atoms with Gasteiger partial charge in [-0.1, -0.05) is 42.5 Å². The summed E-state index contributed by atoms with van der Waals surface area (Å²) in [5.41, 5.74) is 3.54. The first-order valence-corrected chi connectivity index (χ1v) is 7.84. The maximum Gasteiger partial charge on any atom is 0.313 e. The molecule has 3 N–H and O–H groups in total. The van der Waals surface area contributed by atoms with Crippen molar-refractivity contribution >= 4 is 17.5 Å². The lowest BCUT2D eigenvalue weighted by atomic mass is 10.1. The maximum absolute atomic E-state index is 11.9. The van der Waals surface area contributed by atoms with Gasteiger partial charge in [0.25, 0.3) is 0 Å². The third-order valence-electron chi connectivity index (χ3n) is 3.87. The number of nitrogens with one attached hydrogen (secondary N) is 2. The number of aryl methyl sites for hydroxylation is 1. The summed E-state index contributed by atoms with van der Waals surface area (Å²) in [6.07, 6.45) is -0.329. The van der Waals surface area contributed by atoms with E-state index >= 15 is 0 Å². The molecule has 0 heterocycles. The molecule has 1 atom stereocenters. The average Bonchev–Trinajstić information content (AvgIpc) is 2.57. The lowest BCUT2D eigenvalue weighted by molar-refractivity contribution is -0.136. The van der Waals surface area contributed by atoms with Crippen LogP contribution in [0.25, 0.3) is 0 Å². The number of benzene rings is 2. The molecule has 0 aliphatic carbocycles. The quantitative estimate of drug-likeness (QED) is 0.735. The largest absolute Gasteiger partial charge is 0.391 e. The van der Waals surface area contributed by atoms with Crippen LogP contribution in [0.1, 0.15) is 16.7 Å². The molecule has 126 valence electrons. The number of amides is 2. The minimum Gasteiger partial charge on any atom is -0.391 e. The minimum absolute atomic E-state index is 0.0218. The molecular formula is C19H22N2O3. The van der Waals surface area contributed by atoms with Gasteiger partial charge in [-0.05, 0) is 36.6 Å². The summed E-state index contributed by atoms with van der Waals surface area (Å²) in [7, 11) is 0. The summed E-state index contributed by atoms with van der Waals surface area (Å²) in [6.45, 7) is 3.84. The molecule has 1 unspecified atom stereocenters. The fourth-order valence-electron chi connectivity index (χ4n) is 2.31. The van der Waals surface area contributed by atoms with Gasteiger partial charge in [-0.2, -0.15) is 0 Å². The van der Waals surface area contributed by atoms with Crippen LogP contribution in [0.15, 0.2) is 48.5 Å². The van der Waals surface area contributed by atoms with E-state index in [0.29, 0.717) is 12.1 Å². The molecule has 2 rings (SSSR count). The Morgan fingerprint density at radius 1 is 1.00 bits per heavy atom. The Balaban J connectivity index is 1.83. The number of hydrogen-bond acceptors (Lipinski definition) is 3. The molecule has 2 aromatic rings. The Hall–Kier alpha value is -2.66. The van der Waals surface area contributed by atoms with E-state index in [-0.39, 0.29) is 6.54 Å². The van der Waals surface area contributed by atoms with Crippen molar-refractivity contribution in [2.75, 3.05) is 11.9 Å². The zero-order chi connectivity index (χ0) is 17.5. The number of rotatable bonds is 5. The van der Waals surface area contributed by atoms with Gasteiger partial charge in [-0.25, -0.2) is 0 Å². The molecule has 0 aromatic heterocycles. The summed E-state index contributed by atoms with van der Waals surface area (Å²) < 4.78 is 0. The molecule has 0 saturated carbocycles. The lowest BCUT2D eigenvalue weighted by Crippen LogP contribution is -2.40. The molecule has 2 aromatic carbocycles. The molecule has 2 amide bonds. The summed E-state index contributed by atoms with van der Waals surface area (Å²) in [6, 6.07) is 15.0. The average molecular weight is 326 g/mol. The first-order valence-electron chi connectivity index (χ1n) is 7.84. The Morgan fingerprint density at radius 2 is 1.71 bits per heavy atom. The van der Waals surface area contributed by atoms with Crippen molar-refractivity contribution in [2.45, 2.75) is 26.4 Å². The second-order valence-electron chi connectivity index (χ2n) is 5.76. The third-order valence-corrected chi connectivity index (χ3v) is 3.87. The first kappa shape index (κ1) is 17.7. The second kappa shape index (κ2) is 8.26. The number of carbonyl (C=O) groups excluding carboxylic acids is 2. The van der Waals surface area contributed by atoms with Crippen LogP contribution in [0.4, 0.5) is 5.69 Å². The molecule has 5 nitrogen and oxygen atoms in total. The van der Waals surface area contributed by atoms with Gasteiger partial charge in [-0.15, -0.1) is 0 Å². The molecule has 5 heteroatoms.